The number of hydrogen-bond acceptors (Lipinski definition) is 3. The molecule has 0 saturated carbocycles. The zero-order valence-electron chi connectivity index (χ0n) is 14.0. The van der Waals surface area contributed by atoms with Gasteiger partial charge in [0, 0.05) is 31.9 Å². The van der Waals surface area contributed by atoms with Crippen LogP contribution in [0.3, 0.4) is 0 Å². The van der Waals surface area contributed by atoms with E-state index < -0.39 is 11.4 Å². The van der Waals surface area contributed by atoms with Gasteiger partial charge in [-0.05, 0) is 18.1 Å². The van der Waals surface area contributed by atoms with Crippen molar-refractivity contribution < 1.29 is 14.5 Å². The molecule has 0 bridgehead atoms. The average molecular weight is 324 g/mol. The fourth-order valence-electron chi connectivity index (χ4n) is 2.42. The van der Waals surface area contributed by atoms with Crippen molar-refractivity contribution in [2.24, 2.45) is 5.41 Å². The molecular formula is C19H22N3O2+. The number of rotatable bonds is 6. The molecular weight excluding hydrogens is 302 g/mol. The van der Waals surface area contributed by atoms with Gasteiger partial charge in [-0.15, -0.1) is 0 Å². The molecule has 0 radical (unpaired) electrons. The fraction of sp³-hybridized carbons (Fsp3) is 0.316. The predicted molar refractivity (Wildman–Crippen MR) is 91.5 cm³/mol. The highest BCUT2D eigenvalue weighted by Gasteiger charge is 2.25. The molecule has 5 nitrogen and oxygen atoms in total. The summed E-state index contributed by atoms with van der Waals surface area (Å²) in [7, 11) is 3.96. The molecule has 24 heavy (non-hydrogen) atoms. The Bertz CT molecular complexity index is 724. The van der Waals surface area contributed by atoms with Crippen molar-refractivity contribution in [3.63, 3.8) is 0 Å². The number of pyridine rings is 1. The Balaban J connectivity index is 2.06. The molecule has 5 heteroatoms. The first-order valence-corrected chi connectivity index (χ1v) is 7.82. The summed E-state index contributed by atoms with van der Waals surface area (Å²) in [5.74, 6) is -0.809. The van der Waals surface area contributed by atoms with E-state index in [2.05, 4.69) is 12.1 Å². The second kappa shape index (κ2) is 7.60. The Labute approximate surface area is 142 Å². The average Bonchev–Trinajstić information content (AvgIpc) is 2.59. The highest BCUT2D eigenvalue weighted by molar-refractivity contribution is 5.66. The van der Waals surface area contributed by atoms with Crippen molar-refractivity contribution in [2.45, 2.75) is 19.4 Å². The lowest BCUT2D eigenvalue weighted by Gasteiger charge is -2.24. The van der Waals surface area contributed by atoms with Gasteiger partial charge in [-0.25, -0.2) is 4.57 Å². The lowest BCUT2D eigenvalue weighted by Crippen LogP contribution is -2.33. The van der Waals surface area contributed by atoms with E-state index in [9.17, 15) is 10.1 Å². The van der Waals surface area contributed by atoms with E-state index in [0.717, 1.165) is 11.3 Å². The molecule has 1 aliphatic rings. The van der Waals surface area contributed by atoms with Crippen molar-refractivity contribution >= 4 is 12.0 Å². The summed E-state index contributed by atoms with van der Waals surface area (Å²) in [5, 5.41) is 18.3. The van der Waals surface area contributed by atoms with Gasteiger partial charge in [0.15, 0.2) is 18.9 Å². The zero-order chi connectivity index (χ0) is 17.6. The van der Waals surface area contributed by atoms with E-state index in [0.29, 0.717) is 13.0 Å². The maximum absolute atomic E-state index is 10.6. The summed E-state index contributed by atoms with van der Waals surface area (Å²) in [6.45, 7) is 0.447. The van der Waals surface area contributed by atoms with Crippen molar-refractivity contribution in [3.8, 4) is 6.07 Å². The van der Waals surface area contributed by atoms with Crippen LogP contribution >= 0.6 is 0 Å². The van der Waals surface area contributed by atoms with Crippen LogP contribution in [0.1, 0.15) is 18.4 Å². The molecule has 1 atom stereocenters. The number of carbonyl (C=O) groups is 1. The van der Waals surface area contributed by atoms with Crippen LogP contribution in [0.4, 0.5) is 0 Å². The van der Waals surface area contributed by atoms with E-state index >= 15 is 0 Å². The number of likely N-dealkylation sites (N-methyl/N-ethyl adjacent to an activating group) is 1. The van der Waals surface area contributed by atoms with Gasteiger partial charge in [-0.3, -0.25) is 4.79 Å². The Kier molecular flexibility index (Phi) is 5.54. The Morgan fingerprint density at radius 2 is 2.17 bits per heavy atom. The lowest BCUT2D eigenvalue weighted by molar-refractivity contribution is -0.696. The van der Waals surface area contributed by atoms with E-state index in [4.69, 9.17) is 5.11 Å². The second-order valence-corrected chi connectivity index (χ2v) is 6.06. The maximum Gasteiger partial charge on any atom is 0.309 e. The number of nitrogens with zero attached hydrogens (tertiary/aromatic N) is 3. The first-order chi connectivity index (χ1) is 11.4. The van der Waals surface area contributed by atoms with Crippen LogP contribution in [0.25, 0.3) is 6.08 Å². The first-order valence-electron chi connectivity index (χ1n) is 7.82. The number of hydrogen-bond donors (Lipinski definition) is 1. The molecule has 0 fully saturated rings. The maximum atomic E-state index is 10.6. The van der Waals surface area contributed by atoms with Crippen molar-refractivity contribution in [2.75, 3.05) is 14.1 Å². The van der Waals surface area contributed by atoms with Gasteiger partial charge >= 0.3 is 5.97 Å². The number of carboxylic acids is 1. The standard InChI is InChI=1S/C19H21N3O2/c1-21(2)17-4-10-19(15-20,11-5-17)9-3-16-6-12-22(13-7-16)14-8-18(23)24/h3-7,9-10,12-13H,8,11,14H2,1-2H3/p+1. The normalized spacial score (nSPS) is 19.8. The number of aryl methyl sites for hydroxylation is 1. The summed E-state index contributed by atoms with van der Waals surface area (Å²) in [4.78, 5) is 12.6. The van der Waals surface area contributed by atoms with Crippen LogP contribution in [0.2, 0.25) is 0 Å². The molecule has 0 aliphatic heterocycles. The molecule has 1 aliphatic carbocycles. The van der Waals surface area contributed by atoms with E-state index in [1.54, 1.807) is 0 Å². The van der Waals surface area contributed by atoms with Gasteiger partial charge < -0.3 is 10.0 Å². The quantitative estimate of drug-likeness (QED) is 0.816. The van der Waals surface area contributed by atoms with Crippen LogP contribution in [0.5, 0.6) is 0 Å². The molecule has 0 saturated heterocycles. The molecule has 1 unspecified atom stereocenters. The molecule has 1 aromatic heterocycles. The summed E-state index contributed by atoms with van der Waals surface area (Å²) in [5.41, 5.74) is 1.47. The van der Waals surface area contributed by atoms with Gasteiger partial charge in [-0.1, -0.05) is 24.3 Å². The zero-order valence-corrected chi connectivity index (χ0v) is 14.0. The topological polar surface area (TPSA) is 68.2 Å². The Morgan fingerprint density at radius 1 is 1.46 bits per heavy atom. The number of aromatic nitrogens is 1. The van der Waals surface area contributed by atoms with Gasteiger partial charge in [0.2, 0.25) is 0 Å². The van der Waals surface area contributed by atoms with Crippen LogP contribution in [0.15, 0.2) is 54.5 Å². The minimum atomic E-state index is -0.809. The molecule has 1 heterocycles. The van der Waals surface area contributed by atoms with Crippen molar-refractivity contribution in [1.29, 1.82) is 5.26 Å². The van der Waals surface area contributed by atoms with Gasteiger partial charge in [-0.2, -0.15) is 5.26 Å². The summed E-state index contributed by atoms with van der Waals surface area (Å²) in [6, 6.07) is 6.21. The molecule has 0 amide bonds. The number of aliphatic carboxylic acids is 1. The van der Waals surface area contributed by atoms with Crippen LogP contribution in [0, 0.1) is 16.7 Å². The van der Waals surface area contributed by atoms with E-state index in [-0.39, 0.29) is 6.42 Å². The van der Waals surface area contributed by atoms with Crippen LogP contribution in [-0.2, 0) is 11.3 Å². The summed E-state index contributed by atoms with van der Waals surface area (Å²) < 4.78 is 1.83. The molecule has 0 spiro atoms. The molecule has 2 rings (SSSR count). The largest absolute Gasteiger partial charge is 0.481 e. The smallest absolute Gasteiger partial charge is 0.309 e. The monoisotopic (exact) mass is 324 g/mol. The third kappa shape index (κ3) is 4.56. The second-order valence-electron chi connectivity index (χ2n) is 6.06. The molecule has 1 aromatic rings. The highest BCUT2D eigenvalue weighted by atomic mass is 16.4. The molecule has 124 valence electrons. The third-order valence-corrected chi connectivity index (χ3v) is 4.00. The predicted octanol–water partition coefficient (Wildman–Crippen LogP) is 2.38. The Hall–Kier alpha value is -2.87. The van der Waals surface area contributed by atoms with Crippen molar-refractivity contribution in [1.82, 2.24) is 4.90 Å². The molecule has 1 N–H and O–H groups in total. The Morgan fingerprint density at radius 3 is 2.67 bits per heavy atom. The number of carboxylic acid groups (broad SMARTS) is 1. The SMILES string of the molecule is CN(C)C1=CCC(C#N)(C=Cc2cc[n+](CCC(=O)O)cc2)C=C1. The van der Waals surface area contributed by atoms with E-state index in [1.807, 2.05) is 72.4 Å². The minimum Gasteiger partial charge on any atom is -0.481 e. The minimum absolute atomic E-state index is 0.0999. The fourth-order valence-corrected chi connectivity index (χ4v) is 2.42. The third-order valence-electron chi connectivity index (χ3n) is 4.00. The van der Waals surface area contributed by atoms with Gasteiger partial charge in [0.25, 0.3) is 0 Å². The summed E-state index contributed by atoms with van der Waals surface area (Å²) >= 11 is 0. The number of allylic oxidation sites excluding steroid dienone is 4. The van der Waals surface area contributed by atoms with Crippen LogP contribution in [-0.4, -0.2) is 30.1 Å². The number of nitriles is 1. The van der Waals surface area contributed by atoms with Gasteiger partial charge in [0.05, 0.1) is 11.5 Å². The van der Waals surface area contributed by atoms with E-state index in [1.165, 1.54) is 0 Å². The molecule has 0 aromatic carbocycles. The van der Waals surface area contributed by atoms with Gasteiger partial charge in [0.1, 0.15) is 6.42 Å². The highest BCUT2D eigenvalue weighted by Crippen LogP contribution is 2.31. The first kappa shape index (κ1) is 17.5. The summed E-state index contributed by atoms with van der Waals surface area (Å²) in [6.07, 6.45) is 14.3. The lowest BCUT2D eigenvalue weighted by atomic mass is 9.81. The van der Waals surface area contributed by atoms with Crippen molar-refractivity contribution in [3.05, 3.63) is 60.1 Å². The van der Waals surface area contributed by atoms with Crippen LogP contribution < -0.4 is 4.57 Å².